The lowest BCUT2D eigenvalue weighted by atomic mass is 9.95. The molecule has 31 heavy (non-hydrogen) atoms. The largest absolute Gasteiger partial charge is 0.441 e. The smallest absolute Gasteiger partial charge is 0.212 e. The van der Waals surface area contributed by atoms with E-state index in [4.69, 9.17) is 9.41 Å². The monoisotopic (exact) mass is 416 g/mol. The molecule has 6 nitrogen and oxygen atoms in total. The van der Waals surface area contributed by atoms with E-state index < -0.39 is 0 Å². The molecule has 5 rings (SSSR count). The van der Waals surface area contributed by atoms with Gasteiger partial charge in [-0.25, -0.2) is 9.98 Å². The van der Waals surface area contributed by atoms with E-state index in [9.17, 15) is 4.79 Å². The molecule has 160 valence electrons. The van der Waals surface area contributed by atoms with Crippen LogP contribution in [-0.2, 0) is 4.79 Å². The number of aryl methyl sites for hydroxylation is 2. The number of hydrogen-bond donors (Lipinski definition) is 1. The molecular formula is C25H28N4O2. The Morgan fingerprint density at radius 3 is 2.55 bits per heavy atom. The van der Waals surface area contributed by atoms with Crippen molar-refractivity contribution in [2.24, 2.45) is 10.9 Å². The standard InChI is InChI=1S/C25H28N4O2/c1-16-13-19(20-4-8-23-24(14-20)31-17(2)27-23)3-7-22(16)28-25(26-15-30)18-9-11-29(12-10-18)21-5-6-21/h3-4,7-8,13-15,18,21H,5-6,9-12H2,1-2H3,(H,26,28,30). The molecule has 0 atom stereocenters. The highest BCUT2D eigenvalue weighted by Gasteiger charge is 2.33. The van der Waals surface area contributed by atoms with Crippen LogP contribution in [0.5, 0.6) is 0 Å². The summed E-state index contributed by atoms with van der Waals surface area (Å²) < 4.78 is 5.68. The van der Waals surface area contributed by atoms with Gasteiger partial charge in [-0.1, -0.05) is 12.1 Å². The number of aromatic nitrogens is 1. The van der Waals surface area contributed by atoms with Crippen LogP contribution in [0.1, 0.15) is 37.1 Å². The van der Waals surface area contributed by atoms with E-state index in [2.05, 4.69) is 40.3 Å². The summed E-state index contributed by atoms with van der Waals surface area (Å²) >= 11 is 0. The van der Waals surface area contributed by atoms with Crippen LogP contribution in [0.25, 0.3) is 22.2 Å². The molecular weight excluding hydrogens is 388 g/mol. The van der Waals surface area contributed by atoms with Gasteiger partial charge in [0.25, 0.3) is 0 Å². The van der Waals surface area contributed by atoms with Crippen molar-refractivity contribution in [3.63, 3.8) is 0 Å². The number of nitrogens with one attached hydrogen (secondary N) is 1. The van der Waals surface area contributed by atoms with Crippen molar-refractivity contribution < 1.29 is 9.21 Å². The Morgan fingerprint density at radius 2 is 1.84 bits per heavy atom. The summed E-state index contributed by atoms with van der Waals surface area (Å²) in [6, 6.07) is 13.1. The van der Waals surface area contributed by atoms with Crippen LogP contribution in [0.3, 0.4) is 0 Å². The molecule has 6 heteroatoms. The molecule has 1 aromatic heterocycles. The zero-order valence-electron chi connectivity index (χ0n) is 18.1. The van der Waals surface area contributed by atoms with Gasteiger partial charge >= 0.3 is 0 Å². The average molecular weight is 417 g/mol. The third-order valence-electron chi connectivity index (χ3n) is 6.45. The number of fused-ring (bicyclic) bond motifs is 1. The Morgan fingerprint density at radius 1 is 1.10 bits per heavy atom. The average Bonchev–Trinajstić information content (AvgIpc) is 3.55. The minimum Gasteiger partial charge on any atom is -0.441 e. The molecule has 3 aromatic rings. The predicted octanol–water partition coefficient (Wildman–Crippen LogP) is 4.76. The molecule has 1 saturated carbocycles. The van der Waals surface area contributed by atoms with Gasteiger partial charge in [-0.05, 0) is 86.7 Å². The predicted molar refractivity (Wildman–Crippen MR) is 123 cm³/mol. The van der Waals surface area contributed by atoms with Gasteiger partial charge in [0.1, 0.15) is 11.4 Å². The number of amidine groups is 1. The maximum atomic E-state index is 11.2. The molecule has 0 bridgehead atoms. The Balaban J connectivity index is 1.38. The quantitative estimate of drug-likeness (QED) is 0.370. The van der Waals surface area contributed by atoms with Crippen LogP contribution in [0.2, 0.25) is 0 Å². The Kier molecular flexibility index (Phi) is 5.32. The van der Waals surface area contributed by atoms with E-state index in [0.29, 0.717) is 11.8 Å². The zero-order chi connectivity index (χ0) is 21.4. The Hall–Kier alpha value is -2.99. The number of amides is 1. The number of carbonyl (C=O) groups excluding carboxylic acids is 1. The van der Waals surface area contributed by atoms with Crippen molar-refractivity contribution in [2.75, 3.05) is 13.1 Å². The molecule has 0 radical (unpaired) electrons. The topological polar surface area (TPSA) is 70.7 Å². The van der Waals surface area contributed by atoms with Crippen molar-refractivity contribution in [1.29, 1.82) is 0 Å². The van der Waals surface area contributed by atoms with Gasteiger partial charge in [-0.3, -0.25) is 4.79 Å². The minimum absolute atomic E-state index is 0.302. The zero-order valence-corrected chi connectivity index (χ0v) is 18.1. The number of carbonyl (C=O) groups is 1. The number of aliphatic imine (C=N–C) groups is 1. The van der Waals surface area contributed by atoms with Gasteiger partial charge in [0.05, 0.1) is 5.69 Å². The molecule has 0 unspecified atom stereocenters. The first-order valence-corrected chi connectivity index (χ1v) is 11.1. The van der Waals surface area contributed by atoms with Gasteiger partial charge < -0.3 is 14.6 Å². The van der Waals surface area contributed by atoms with E-state index in [1.807, 2.05) is 25.1 Å². The summed E-state index contributed by atoms with van der Waals surface area (Å²) in [5, 5.41) is 2.89. The van der Waals surface area contributed by atoms with Crippen molar-refractivity contribution >= 4 is 29.0 Å². The van der Waals surface area contributed by atoms with Crippen LogP contribution in [-0.4, -0.2) is 41.3 Å². The lowest BCUT2D eigenvalue weighted by Gasteiger charge is -2.32. The molecule has 1 aliphatic heterocycles. The number of oxazole rings is 1. The summed E-state index contributed by atoms with van der Waals surface area (Å²) in [6.07, 6.45) is 5.53. The van der Waals surface area contributed by atoms with Crippen LogP contribution in [0.15, 0.2) is 45.8 Å². The number of likely N-dealkylation sites (tertiary alicyclic amines) is 1. The number of nitrogens with zero attached hydrogens (tertiary/aromatic N) is 3. The van der Waals surface area contributed by atoms with Gasteiger partial charge in [0, 0.05) is 18.9 Å². The highest BCUT2D eigenvalue weighted by atomic mass is 16.3. The van der Waals surface area contributed by atoms with Gasteiger partial charge in [-0.2, -0.15) is 0 Å². The maximum absolute atomic E-state index is 11.2. The molecule has 1 amide bonds. The van der Waals surface area contributed by atoms with E-state index in [-0.39, 0.29) is 0 Å². The second-order valence-corrected chi connectivity index (χ2v) is 8.72. The van der Waals surface area contributed by atoms with Crippen LogP contribution < -0.4 is 5.32 Å². The molecule has 2 fully saturated rings. The van der Waals surface area contributed by atoms with E-state index >= 15 is 0 Å². The van der Waals surface area contributed by atoms with Crippen LogP contribution in [0, 0.1) is 19.8 Å². The molecule has 2 aliphatic rings. The highest BCUT2D eigenvalue weighted by Crippen LogP contribution is 2.32. The van der Waals surface area contributed by atoms with Crippen LogP contribution in [0.4, 0.5) is 5.69 Å². The number of piperidine rings is 1. The lowest BCUT2D eigenvalue weighted by Crippen LogP contribution is -2.41. The summed E-state index contributed by atoms with van der Waals surface area (Å²) in [5.41, 5.74) is 5.83. The normalized spacial score (nSPS) is 18.5. The van der Waals surface area contributed by atoms with Gasteiger partial charge in [0.15, 0.2) is 11.5 Å². The first kappa shape index (κ1) is 19.9. The summed E-state index contributed by atoms with van der Waals surface area (Å²) in [6.45, 7) is 6.11. The molecule has 2 aromatic carbocycles. The number of hydrogen-bond acceptors (Lipinski definition) is 5. The third-order valence-corrected chi connectivity index (χ3v) is 6.45. The summed E-state index contributed by atoms with van der Waals surface area (Å²) in [5.74, 6) is 1.77. The fraction of sp³-hybridized carbons (Fsp3) is 0.400. The van der Waals surface area contributed by atoms with Crippen LogP contribution >= 0.6 is 0 Å². The number of benzene rings is 2. The van der Waals surface area contributed by atoms with Gasteiger partial charge in [-0.15, -0.1) is 0 Å². The number of rotatable bonds is 5. The molecule has 0 spiro atoms. The van der Waals surface area contributed by atoms with Crippen molar-refractivity contribution in [3.8, 4) is 11.1 Å². The first-order valence-electron chi connectivity index (χ1n) is 11.1. The molecule has 1 aliphatic carbocycles. The third kappa shape index (κ3) is 4.26. The Bertz CT molecular complexity index is 1140. The first-order chi connectivity index (χ1) is 15.1. The van der Waals surface area contributed by atoms with E-state index in [1.54, 1.807) is 0 Å². The van der Waals surface area contributed by atoms with E-state index in [1.165, 1.54) is 12.8 Å². The summed E-state index contributed by atoms with van der Waals surface area (Å²) in [4.78, 5) is 23.1. The van der Waals surface area contributed by atoms with Crippen molar-refractivity contribution in [3.05, 3.63) is 47.9 Å². The van der Waals surface area contributed by atoms with Gasteiger partial charge in [0.2, 0.25) is 6.41 Å². The molecule has 1 N–H and O–H groups in total. The fourth-order valence-electron chi connectivity index (χ4n) is 4.59. The van der Waals surface area contributed by atoms with Crippen molar-refractivity contribution in [2.45, 2.75) is 45.6 Å². The minimum atomic E-state index is 0.302. The second kappa shape index (κ2) is 8.27. The lowest BCUT2D eigenvalue weighted by molar-refractivity contribution is -0.108. The summed E-state index contributed by atoms with van der Waals surface area (Å²) in [7, 11) is 0. The Labute approximate surface area is 182 Å². The highest BCUT2D eigenvalue weighted by molar-refractivity contribution is 5.94. The van der Waals surface area contributed by atoms with E-state index in [0.717, 1.165) is 77.7 Å². The SMILES string of the molecule is Cc1nc2ccc(-c3ccc(N=C(NC=O)C4CCN(C5CC5)CC4)c(C)c3)cc2o1. The van der Waals surface area contributed by atoms with Crippen molar-refractivity contribution in [1.82, 2.24) is 15.2 Å². The second-order valence-electron chi connectivity index (χ2n) is 8.72. The molecule has 1 saturated heterocycles. The maximum Gasteiger partial charge on any atom is 0.212 e. The fourth-order valence-corrected chi connectivity index (χ4v) is 4.59. The molecule has 2 heterocycles.